The SMILES string of the molecule is O=C(O)c1ccc2c3ccc4c5c(ccc(c6ccc(C(=O)NCCO)c1c26)c53)C(=O)OC4=O. The lowest BCUT2D eigenvalue weighted by molar-refractivity contribution is 0.0390. The van der Waals surface area contributed by atoms with Gasteiger partial charge in [0.25, 0.3) is 5.91 Å². The van der Waals surface area contributed by atoms with Crippen LogP contribution in [0.25, 0.3) is 43.1 Å². The fourth-order valence-corrected chi connectivity index (χ4v) is 5.06. The number of carboxylic acids is 1. The highest BCUT2D eigenvalue weighted by Crippen LogP contribution is 2.44. The minimum absolute atomic E-state index is 0.0254. The molecule has 0 atom stereocenters. The van der Waals surface area contributed by atoms with Crippen LogP contribution in [0.15, 0.2) is 48.5 Å². The number of carbonyl (C=O) groups excluding carboxylic acids is 3. The Kier molecular flexibility index (Phi) is 4.11. The summed E-state index contributed by atoms with van der Waals surface area (Å²) in [5, 5.41) is 26.5. The maximum Gasteiger partial charge on any atom is 0.346 e. The summed E-state index contributed by atoms with van der Waals surface area (Å²) in [6, 6.07) is 13.1. The van der Waals surface area contributed by atoms with Crippen LogP contribution in [0.1, 0.15) is 41.4 Å². The molecule has 1 heterocycles. The minimum atomic E-state index is -1.18. The quantitative estimate of drug-likeness (QED) is 0.164. The number of nitrogens with one attached hydrogen (secondary N) is 1. The summed E-state index contributed by atoms with van der Waals surface area (Å²) >= 11 is 0. The normalized spacial score (nSPS) is 13.2. The van der Waals surface area contributed by atoms with Crippen LogP contribution in [0.3, 0.4) is 0 Å². The van der Waals surface area contributed by atoms with Crippen molar-refractivity contribution < 1.29 is 34.1 Å². The van der Waals surface area contributed by atoms with Gasteiger partial charge in [0.1, 0.15) is 0 Å². The van der Waals surface area contributed by atoms with Crippen LogP contribution < -0.4 is 5.32 Å². The van der Waals surface area contributed by atoms with Crippen LogP contribution in [0.4, 0.5) is 0 Å². The van der Waals surface area contributed by atoms with Gasteiger partial charge < -0.3 is 20.3 Å². The summed E-state index contributed by atoms with van der Waals surface area (Å²) in [7, 11) is 0. The van der Waals surface area contributed by atoms with Crippen LogP contribution in [-0.4, -0.2) is 47.2 Å². The van der Waals surface area contributed by atoms with Crippen molar-refractivity contribution in [2.24, 2.45) is 0 Å². The van der Waals surface area contributed by atoms with Crippen LogP contribution in [0.2, 0.25) is 0 Å². The highest BCUT2D eigenvalue weighted by Gasteiger charge is 2.30. The monoisotopic (exact) mass is 453 g/mol. The van der Waals surface area contributed by atoms with E-state index < -0.39 is 23.8 Å². The number of aliphatic hydroxyl groups is 1. The lowest BCUT2D eigenvalue weighted by Gasteiger charge is -2.21. The number of aliphatic hydroxyl groups excluding tert-OH is 1. The van der Waals surface area contributed by atoms with Gasteiger partial charge in [-0.25, -0.2) is 14.4 Å². The standard InChI is InChI=1S/C26H15NO7/c28-10-9-27-23(29)15-5-1-11-13-3-7-17-22-18(26(33)34-25(17)32)8-4-14(20(13)22)12-2-6-16(24(30)31)21(15)19(11)12/h1-8,28H,9-10H2,(H,27,29)(H,30,31). The summed E-state index contributed by atoms with van der Waals surface area (Å²) in [4.78, 5) is 49.8. The molecule has 8 nitrogen and oxygen atoms in total. The van der Waals surface area contributed by atoms with Gasteiger partial charge in [0.15, 0.2) is 0 Å². The number of ether oxygens (including phenoxy) is 1. The van der Waals surface area contributed by atoms with E-state index in [1.807, 2.05) is 0 Å². The van der Waals surface area contributed by atoms with E-state index in [1.165, 1.54) is 6.07 Å². The van der Waals surface area contributed by atoms with E-state index in [2.05, 4.69) is 5.32 Å². The van der Waals surface area contributed by atoms with E-state index in [0.717, 1.165) is 10.8 Å². The molecule has 0 fully saturated rings. The van der Waals surface area contributed by atoms with Gasteiger partial charge >= 0.3 is 17.9 Å². The maximum atomic E-state index is 12.9. The minimum Gasteiger partial charge on any atom is -0.478 e. The van der Waals surface area contributed by atoms with E-state index in [1.54, 1.807) is 42.5 Å². The molecule has 0 bridgehead atoms. The topological polar surface area (TPSA) is 130 Å². The molecule has 0 saturated heterocycles. The number of amides is 1. The summed E-state index contributed by atoms with van der Waals surface area (Å²) in [6.07, 6.45) is 0. The molecule has 0 spiro atoms. The molecule has 0 aromatic heterocycles. The van der Waals surface area contributed by atoms with Crippen molar-refractivity contribution in [1.29, 1.82) is 0 Å². The molecule has 1 aliphatic rings. The first kappa shape index (κ1) is 20.1. The van der Waals surface area contributed by atoms with E-state index >= 15 is 0 Å². The van der Waals surface area contributed by atoms with Crippen molar-refractivity contribution >= 4 is 66.9 Å². The second kappa shape index (κ2) is 6.97. The zero-order chi connectivity index (χ0) is 23.7. The van der Waals surface area contributed by atoms with Crippen LogP contribution in [0, 0.1) is 0 Å². The van der Waals surface area contributed by atoms with E-state index in [0.29, 0.717) is 26.9 Å². The van der Waals surface area contributed by atoms with Crippen molar-refractivity contribution in [3.8, 4) is 0 Å². The Morgan fingerprint density at radius 3 is 1.74 bits per heavy atom. The number of fused-ring (bicyclic) bond motifs is 2. The molecular formula is C26H15NO7. The van der Waals surface area contributed by atoms with Gasteiger partial charge in [-0.05, 0) is 56.6 Å². The molecule has 166 valence electrons. The highest BCUT2D eigenvalue weighted by atomic mass is 16.6. The number of cyclic esters (lactones) is 2. The number of aromatic carboxylic acids is 1. The maximum absolute atomic E-state index is 12.9. The van der Waals surface area contributed by atoms with Gasteiger partial charge in [-0.2, -0.15) is 0 Å². The van der Waals surface area contributed by atoms with Crippen LogP contribution in [-0.2, 0) is 4.74 Å². The molecular weight excluding hydrogens is 438 g/mol. The largest absolute Gasteiger partial charge is 0.478 e. The molecule has 5 aromatic rings. The Labute approximate surface area is 190 Å². The third kappa shape index (κ3) is 2.51. The van der Waals surface area contributed by atoms with Gasteiger partial charge in [0.2, 0.25) is 0 Å². The van der Waals surface area contributed by atoms with Crippen LogP contribution in [0.5, 0.6) is 0 Å². The zero-order valence-electron chi connectivity index (χ0n) is 17.5. The van der Waals surface area contributed by atoms with Crippen LogP contribution >= 0.6 is 0 Å². The molecule has 0 radical (unpaired) electrons. The Hall–Kier alpha value is -4.56. The average Bonchev–Trinajstić information content (AvgIpc) is 2.83. The smallest absolute Gasteiger partial charge is 0.346 e. The summed E-state index contributed by atoms with van der Waals surface area (Å²) in [6.45, 7) is -0.220. The van der Waals surface area contributed by atoms with E-state index in [-0.39, 0.29) is 40.8 Å². The first-order chi connectivity index (χ1) is 16.4. The van der Waals surface area contributed by atoms with E-state index in [4.69, 9.17) is 9.84 Å². The lowest BCUT2D eigenvalue weighted by atomic mass is 9.84. The molecule has 0 unspecified atom stereocenters. The van der Waals surface area contributed by atoms with Gasteiger partial charge in [-0.3, -0.25) is 4.79 Å². The molecule has 8 heteroatoms. The Morgan fingerprint density at radius 1 is 0.706 bits per heavy atom. The predicted molar refractivity (Wildman–Crippen MR) is 124 cm³/mol. The fraction of sp³-hybridized carbons (Fsp3) is 0.0769. The van der Waals surface area contributed by atoms with Crippen molar-refractivity contribution in [3.05, 3.63) is 70.8 Å². The third-order valence-electron chi connectivity index (χ3n) is 6.40. The van der Waals surface area contributed by atoms with Gasteiger partial charge in [0.05, 0.1) is 23.3 Å². The molecule has 0 saturated carbocycles. The van der Waals surface area contributed by atoms with Crippen molar-refractivity contribution in [1.82, 2.24) is 5.32 Å². The van der Waals surface area contributed by atoms with Crippen molar-refractivity contribution in [3.63, 3.8) is 0 Å². The van der Waals surface area contributed by atoms with Crippen molar-refractivity contribution in [2.75, 3.05) is 13.2 Å². The molecule has 1 aliphatic heterocycles. The first-order valence-corrected chi connectivity index (χ1v) is 10.5. The highest BCUT2D eigenvalue weighted by molar-refractivity contribution is 6.39. The predicted octanol–water partition coefficient (Wildman–Crippen LogP) is 3.47. The Morgan fingerprint density at radius 2 is 1.21 bits per heavy atom. The molecule has 1 amide bonds. The molecule has 0 aliphatic carbocycles. The average molecular weight is 453 g/mol. The second-order valence-corrected chi connectivity index (χ2v) is 8.10. The van der Waals surface area contributed by atoms with Gasteiger partial charge in [-0.15, -0.1) is 0 Å². The summed E-state index contributed by atoms with van der Waals surface area (Å²) in [5.41, 5.74) is 0.732. The number of carbonyl (C=O) groups is 4. The fourth-order valence-electron chi connectivity index (χ4n) is 5.06. The Bertz CT molecular complexity index is 1680. The molecule has 34 heavy (non-hydrogen) atoms. The summed E-state index contributed by atoms with van der Waals surface area (Å²) in [5.74, 6) is -3.10. The lowest BCUT2D eigenvalue weighted by Crippen LogP contribution is -2.26. The molecule has 3 N–H and O–H groups in total. The number of esters is 2. The second-order valence-electron chi connectivity index (χ2n) is 8.10. The van der Waals surface area contributed by atoms with Gasteiger partial charge in [0, 0.05) is 22.9 Å². The number of benzene rings is 5. The number of rotatable bonds is 4. The number of hydrogen-bond acceptors (Lipinski definition) is 6. The Balaban J connectivity index is 1.84. The van der Waals surface area contributed by atoms with Crippen molar-refractivity contribution in [2.45, 2.75) is 0 Å². The number of hydrogen-bond donors (Lipinski definition) is 3. The number of carboxylic acid groups (broad SMARTS) is 1. The zero-order valence-corrected chi connectivity index (χ0v) is 17.5. The third-order valence-corrected chi connectivity index (χ3v) is 6.40. The molecule has 5 aromatic carbocycles. The van der Waals surface area contributed by atoms with Gasteiger partial charge in [-0.1, -0.05) is 24.3 Å². The van der Waals surface area contributed by atoms with E-state index in [9.17, 15) is 24.3 Å². The molecule has 6 rings (SSSR count). The first-order valence-electron chi connectivity index (χ1n) is 10.5. The summed E-state index contributed by atoms with van der Waals surface area (Å²) < 4.78 is 4.87.